The van der Waals surface area contributed by atoms with Gasteiger partial charge in [-0.25, -0.2) is 9.59 Å². The van der Waals surface area contributed by atoms with Crippen molar-refractivity contribution in [3.05, 3.63) is 0 Å². The first-order valence-electron chi connectivity index (χ1n) is 8.25. The fourth-order valence-corrected chi connectivity index (χ4v) is 1.39. The van der Waals surface area contributed by atoms with Crippen molar-refractivity contribution >= 4 is 11.9 Å². The van der Waals surface area contributed by atoms with Crippen LogP contribution in [0.25, 0.3) is 0 Å². The van der Waals surface area contributed by atoms with E-state index in [2.05, 4.69) is 0 Å². The monoisotopic (exact) mass is 334 g/mol. The average molecular weight is 334 g/mol. The van der Waals surface area contributed by atoms with Gasteiger partial charge in [-0.3, -0.25) is 0 Å². The summed E-state index contributed by atoms with van der Waals surface area (Å²) >= 11 is 0. The molecule has 0 heterocycles. The first kappa shape index (κ1) is 21.8. The molecule has 136 valence electrons. The van der Waals surface area contributed by atoms with Gasteiger partial charge < -0.3 is 23.7 Å². The molecule has 0 amide bonds. The number of unbranched alkanes of at least 4 members (excludes halogenated alkanes) is 2. The highest BCUT2D eigenvalue weighted by Crippen LogP contribution is 1.91. The molecule has 0 radical (unpaired) electrons. The lowest BCUT2D eigenvalue weighted by Gasteiger charge is -2.07. The van der Waals surface area contributed by atoms with E-state index in [1.165, 1.54) is 0 Å². The molecule has 0 rings (SSSR count). The first-order valence-corrected chi connectivity index (χ1v) is 8.25. The van der Waals surface area contributed by atoms with Crippen LogP contribution in [0.4, 0.5) is 0 Å². The number of carbonyl (C=O) groups is 2. The molecule has 0 aliphatic rings. The molecule has 23 heavy (non-hydrogen) atoms. The molecule has 0 aromatic heterocycles. The van der Waals surface area contributed by atoms with Crippen LogP contribution in [0.1, 0.15) is 39.5 Å². The third-order valence-corrected chi connectivity index (χ3v) is 2.71. The van der Waals surface area contributed by atoms with Crippen molar-refractivity contribution in [2.24, 2.45) is 0 Å². The highest BCUT2D eigenvalue weighted by atomic mass is 16.6. The zero-order valence-electron chi connectivity index (χ0n) is 14.3. The maximum atomic E-state index is 11.2. The standard InChI is InChI=1S/C16H30O7/c1-3-5-7-22-15(17)13-20-11-9-19-10-12-21-14-16(18)23-8-6-4-2/h3-14H2,1-2H3. The second-order valence-electron chi connectivity index (χ2n) is 4.87. The molecule has 0 atom stereocenters. The van der Waals surface area contributed by atoms with Gasteiger partial charge in [-0.1, -0.05) is 26.7 Å². The summed E-state index contributed by atoms with van der Waals surface area (Å²) in [5, 5.41) is 0. The van der Waals surface area contributed by atoms with Crippen molar-refractivity contribution in [2.75, 3.05) is 52.9 Å². The molecular weight excluding hydrogens is 304 g/mol. The number of rotatable bonds is 16. The lowest BCUT2D eigenvalue weighted by Crippen LogP contribution is -2.18. The van der Waals surface area contributed by atoms with Crippen LogP contribution < -0.4 is 0 Å². The lowest BCUT2D eigenvalue weighted by atomic mass is 10.4. The summed E-state index contributed by atoms with van der Waals surface area (Å²) in [4.78, 5) is 22.4. The molecule has 7 heteroatoms. The average Bonchev–Trinajstić information content (AvgIpc) is 2.53. The zero-order valence-corrected chi connectivity index (χ0v) is 14.3. The smallest absolute Gasteiger partial charge is 0.332 e. The Kier molecular flexibility index (Phi) is 16.3. The lowest BCUT2D eigenvalue weighted by molar-refractivity contribution is -0.149. The Morgan fingerprint density at radius 1 is 0.609 bits per heavy atom. The fourth-order valence-electron chi connectivity index (χ4n) is 1.39. The van der Waals surface area contributed by atoms with Crippen molar-refractivity contribution in [3.63, 3.8) is 0 Å². The molecular formula is C16H30O7. The summed E-state index contributed by atoms with van der Waals surface area (Å²) in [7, 11) is 0. The summed E-state index contributed by atoms with van der Waals surface area (Å²) in [6, 6.07) is 0. The molecule has 0 saturated carbocycles. The number of hydrogen-bond acceptors (Lipinski definition) is 7. The van der Waals surface area contributed by atoms with E-state index in [1.54, 1.807) is 0 Å². The quantitative estimate of drug-likeness (QED) is 0.314. The topological polar surface area (TPSA) is 80.3 Å². The molecule has 0 spiro atoms. The Balaban J connectivity index is 3.21. The van der Waals surface area contributed by atoms with E-state index in [4.69, 9.17) is 23.7 Å². The van der Waals surface area contributed by atoms with Crippen molar-refractivity contribution in [3.8, 4) is 0 Å². The third kappa shape index (κ3) is 17.0. The van der Waals surface area contributed by atoms with Crippen LogP contribution in [-0.4, -0.2) is 64.8 Å². The fraction of sp³-hybridized carbons (Fsp3) is 0.875. The zero-order chi connectivity index (χ0) is 17.2. The van der Waals surface area contributed by atoms with E-state index in [9.17, 15) is 9.59 Å². The Morgan fingerprint density at radius 3 is 1.39 bits per heavy atom. The molecule has 0 aliphatic carbocycles. The van der Waals surface area contributed by atoms with Gasteiger partial charge in [-0.05, 0) is 12.8 Å². The molecule has 0 aromatic carbocycles. The van der Waals surface area contributed by atoms with Gasteiger partial charge in [0, 0.05) is 0 Å². The predicted octanol–water partition coefficient (Wildman–Crippen LogP) is 1.72. The van der Waals surface area contributed by atoms with E-state index >= 15 is 0 Å². The minimum Gasteiger partial charge on any atom is -0.464 e. The molecule has 0 N–H and O–H groups in total. The van der Waals surface area contributed by atoms with Gasteiger partial charge in [0.25, 0.3) is 0 Å². The third-order valence-electron chi connectivity index (χ3n) is 2.71. The Hall–Kier alpha value is -1.18. The Morgan fingerprint density at radius 2 is 1.00 bits per heavy atom. The number of carbonyl (C=O) groups excluding carboxylic acids is 2. The van der Waals surface area contributed by atoms with E-state index in [0.29, 0.717) is 39.6 Å². The van der Waals surface area contributed by atoms with E-state index in [1.807, 2.05) is 13.8 Å². The van der Waals surface area contributed by atoms with Gasteiger partial charge in [0.2, 0.25) is 0 Å². The molecule has 0 aliphatic heterocycles. The Labute approximate surface area is 138 Å². The summed E-state index contributed by atoms with van der Waals surface area (Å²) in [6.07, 6.45) is 3.70. The van der Waals surface area contributed by atoms with Gasteiger partial charge in [-0.15, -0.1) is 0 Å². The second-order valence-corrected chi connectivity index (χ2v) is 4.87. The highest BCUT2D eigenvalue weighted by molar-refractivity contribution is 5.70. The van der Waals surface area contributed by atoms with Gasteiger partial charge >= 0.3 is 11.9 Å². The van der Waals surface area contributed by atoms with Crippen LogP contribution in [0.5, 0.6) is 0 Å². The first-order chi connectivity index (χ1) is 11.2. The molecule has 0 saturated heterocycles. The number of hydrogen-bond donors (Lipinski definition) is 0. The van der Waals surface area contributed by atoms with E-state index < -0.39 is 0 Å². The van der Waals surface area contributed by atoms with E-state index in [-0.39, 0.29) is 25.2 Å². The maximum absolute atomic E-state index is 11.2. The highest BCUT2D eigenvalue weighted by Gasteiger charge is 2.03. The minimum atomic E-state index is -0.358. The molecule has 0 fully saturated rings. The number of ether oxygens (including phenoxy) is 5. The Bertz CT molecular complexity index is 266. The summed E-state index contributed by atoms with van der Waals surface area (Å²) in [6.45, 7) is 6.13. The van der Waals surface area contributed by atoms with Crippen LogP contribution in [0.15, 0.2) is 0 Å². The van der Waals surface area contributed by atoms with Crippen LogP contribution in [0.3, 0.4) is 0 Å². The van der Waals surface area contributed by atoms with Gasteiger partial charge in [-0.2, -0.15) is 0 Å². The minimum absolute atomic E-state index is 0.0623. The van der Waals surface area contributed by atoms with Crippen LogP contribution in [-0.2, 0) is 33.3 Å². The van der Waals surface area contributed by atoms with Gasteiger partial charge in [0.15, 0.2) is 0 Å². The summed E-state index contributed by atoms with van der Waals surface area (Å²) < 4.78 is 25.3. The molecule has 7 nitrogen and oxygen atoms in total. The van der Waals surface area contributed by atoms with Crippen LogP contribution in [0, 0.1) is 0 Å². The van der Waals surface area contributed by atoms with Crippen molar-refractivity contribution in [1.29, 1.82) is 0 Å². The van der Waals surface area contributed by atoms with Gasteiger partial charge in [0.1, 0.15) is 13.2 Å². The van der Waals surface area contributed by atoms with Crippen LogP contribution in [0.2, 0.25) is 0 Å². The van der Waals surface area contributed by atoms with Crippen LogP contribution >= 0.6 is 0 Å². The largest absolute Gasteiger partial charge is 0.464 e. The summed E-state index contributed by atoms with van der Waals surface area (Å²) in [5.41, 5.74) is 0. The second kappa shape index (κ2) is 17.2. The van der Waals surface area contributed by atoms with Crippen molar-refractivity contribution in [1.82, 2.24) is 0 Å². The van der Waals surface area contributed by atoms with E-state index in [0.717, 1.165) is 25.7 Å². The molecule has 0 bridgehead atoms. The normalized spacial score (nSPS) is 10.5. The number of esters is 2. The predicted molar refractivity (Wildman–Crippen MR) is 84.2 cm³/mol. The van der Waals surface area contributed by atoms with Gasteiger partial charge in [0.05, 0.1) is 39.6 Å². The van der Waals surface area contributed by atoms with Crippen molar-refractivity contribution in [2.45, 2.75) is 39.5 Å². The molecule has 0 unspecified atom stereocenters. The molecule has 0 aromatic rings. The maximum Gasteiger partial charge on any atom is 0.332 e. The van der Waals surface area contributed by atoms with Crippen molar-refractivity contribution < 1.29 is 33.3 Å². The summed E-state index contributed by atoms with van der Waals surface area (Å²) in [5.74, 6) is -0.716. The SMILES string of the molecule is CCCCOC(=O)COCCOCCOCC(=O)OCCCC.